The van der Waals surface area contributed by atoms with Crippen LogP contribution in [0.1, 0.15) is 54.9 Å². The fraction of sp³-hybridized carbons (Fsp3) is 0.692. The number of ether oxygens (including phenoxy) is 6. The molecule has 1 saturated carbocycles. The zero-order chi connectivity index (χ0) is 26.4. The number of allylic oxidation sites excluding steroid dienone is 2. The molecule has 0 bridgehead atoms. The molecule has 1 spiro atoms. The third kappa shape index (κ3) is 3.23. The second-order valence-corrected chi connectivity index (χ2v) is 11.1. The Bertz CT molecular complexity index is 1110. The summed E-state index contributed by atoms with van der Waals surface area (Å²) in [4.78, 5) is 50.0. The van der Waals surface area contributed by atoms with Crippen molar-refractivity contribution in [1.29, 1.82) is 0 Å². The number of epoxide rings is 2. The molecule has 5 rings (SSSR count). The van der Waals surface area contributed by atoms with E-state index in [2.05, 4.69) is 0 Å². The van der Waals surface area contributed by atoms with Gasteiger partial charge in [-0.2, -0.15) is 0 Å². The molecule has 2 aliphatic carbocycles. The first-order valence-corrected chi connectivity index (χ1v) is 12.2. The van der Waals surface area contributed by atoms with Crippen LogP contribution in [0.25, 0.3) is 0 Å². The quantitative estimate of drug-likeness (QED) is 0.319. The third-order valence-electron chi connectivity index (χ3n) is 8.69. The molecule has 0 N–H and O–H groups in total. The van der Waals surface area contributed by atoms with Gasteiger partial charge in [-0.05, 0) is 32.9 Å². The molecule has 5 aliphatic rings. The number of fused-ring (bicyclic) bond motifs is 3. The number of carbonyl (C=O) groups is 4. The Labute approximate surface area is 209 Å². The van der Waals surface area contributed by atoms with Gasteiger partial charge in [-0.1, -0.05) is 18.6 Å². The van der Waals surface area contributed by atoms with E-state index in [1.807, 2.05) is 20.8 Å². The Morgan fingerprint density at radius 1 is 1.00 bits per heavy atom. The van der Waals surface area contributed by atoms with Crippen molar-refractivity contribution in [2.24, 2.45) is 11.3 Å². The molecule has 3 saturated heterocycles. The highest BCUT2D eigenvalue weighted by atomic mass is 16.7. The zero-order valence-electron chi connectivity index (χ0n) is 21.5. The van der Waals surface area contributed by atoms with Crippen LogP contribution in [0, 0.1) is 11.3 Å². The van der Waals surface area contributed by atoms with Gasteiger partial charge in [0.25, 0.3) is 0 Å². The van der Waals surface area contributed by atoms with Gasteiger partial charge in [-0.25, -0.2) is 4.79 Å². The number of hydrogen-bond acceptors (Lipinski definition) is 10. The smallest absolute Gasteiger partial charge is 0.342 e. The van der Waals surface area contributed by atoms with Gasteiger partial charge in [0.2, 0.25) is 0 Å². The first-order chi connectivity index (χ1) is 16.7. The van der Waals surface area contributed by atoms with E-state index in [0.29, 0.717) is 6.42 Å². The van der Waals surface area contributed by atoms with E-state index in [1.165, 1.54) is 20.8 Å². The van der Waals surface area contributed by atoms with Crippen LogP contribution < -0.4 is 0 Å². The van der Waals surface area contributed by atoms with E-state index in [1.54, 1.807) is 25.2 Å². The highest BCUT2D eigenvalue weighted by molar-refractivity contribution is 5.89. The van der Waals surface area contributed by atoms with E-state index in [4.69, 9.17) is 28.4 Å². The summed E-state index contributed by atoms with van der Waals surface area (Å²) in [5.41, 5.74) is -3.95. The molecule has 0 aromatic rings. The lowest BCUT2D eigenvalue weighted by Gasteiger charge is -2.53. The maximum atomic E-state index is 13.0. The van der Waals surface area contributed by atoms with Crippen LogP contribution in [0.4, 0.5) is 0 Å². The van der Waals surface area contributed by atoms with Crippen LogP contribution >= 0.6 is 0 Å². The van der Waals surface area contributed by atoms with E-state index < -0.39 is 76.4 Å². The predicted octanol–water partition coefficient (Wildman–Crippen LogP) is 1.93. The highest BCUT2D eigenvalue weighted by Crippen LogP contribution is 2.69. The molecule has 36 heavy (non-hydrogen) atoms. The summed E-state index contributed by atoms with van der Waals surface area (Å²) in [5, 5.41) is 0. The molecule has 0 aromatic heterocycles. The molecule has 0 amide bonds. The van der Waals surface area contributed by atoms with Crippen molar-refractivity contribution in [2.45, 2.75) is 102 Å². The van der Waals surface area contributed by atoms with Crippen LogP contribution in [0.15, 0.2) is 23.8 Å². The minimum Gasteiger partial charge on any atom is -0.462 e. The summed E-state index contributed by atoms with van der Waals surface area (Å²) in [7, 11) is 0. The molecule has 0 radical (unpaired) electrons. The van der Waals surface area contributed by atoms with Crippen molar-refractivity contribution in [2.75, 3.05) is 0 Å². The lowest BCUT2D eigenvalue weighted by atomic mass is 9.54. The fourth-order valence-corrected chi connectivity index (χ4v) is 6.93. The third-order valence-corrected chi connectivity index (χ3v) is 8.69. The van der Waals surface area contributed by atoms with Gasteiger partial charge in [-0.3, -0.25) is 14.4 Å². The van der Waals surface area contributed by atoms with E-state index in [9.17, 15) is 19.2 Å². The maximum Gasteiger partial charge on any atom is 0.342 e. The zero-order valence-corrected chi connectivity index (χ0v) is 21.5. The Balaban J connectivity index is 1.78. The maximum absolute atomic E-state index is 13.0. The molecule has 3 aliphatic heterocycles. The fourth-order valence-electron chi connectivity index (χ4n) is 6.93. The number of esters is 4. The van der Waals surface area contributed by atoms with Crippen LogP contribution in [0.3, 0.4) is 0 Å². The molecule has 0 aromatic carbocycles. The van der Waals surface area contributed by atoms with Gasteiger partial charge in [0, 0.05) is 33.1 Å². The van der Waals surface area contributed by atoms with E-state index in [-0.39, 0.29) is 6.10 Å². The number of rotatable bonds is 3. The van der Waals surface area contributed by atoms with E-state index in [0.717, 1.165) is 5.57 Å². The summed E-state index contributed by atoms with van der Waals surface area (Å²) >= 11 is 0. The molecule has 10 atom stereocenters. The lowest BCUT2D eigenvalue weighted by molar-refractivity contribution is -0.205. The Hall–Kier alpha value is -2.72. The van der Waals surface area contributed by atoms with Crippen molar-refractivity contribution in [3.8, 4) is 0 Å². The molecule has 0 unspecified atom stereocenters. The van der Waals surface area contributed by atoms with Gasteiger partial charge in [0.15, 0.2) is 17.3 Å². The number of carbonyl (C=O) groups excluding carboxylic acids is 4. The first kappa shape index (κ1) is 25.0. The predicted molar refractivity (Wildman–Crippen MR) is 121 cm³/mol. The minimum atomic E-state index is -1.36. The number of hydrogen-bond donors (Lipinski definition) is 0. The molecule has 4 fully saturated rings. The second kappa shape index (κ2) is 7.64. The summed E-state index contributed by atoms with van der Waals surface area (Å²) < 4.78 is 35.8. The Morgan fingerprint density at radius 3 is 2.22 bits per heavy atom. The Morgan fingerprint density at radius 2 is 1.64 bits per heavy atom. The summed E-state index contributed by atoms with van der Waals surface area (Å²) in [6.45, 7) is 11.1. The average Bonchev–Trinajstić information content (AvgIpc) is 3.58. The molecule has 3 heterocycles. The largest absolute Gasteiger partial charge is 0.462 e. The lowest BCUT2D eigenvalue weighted by Crippen LogP contribution is -2.66. The van der Waals surface area contributed by atoms with Gasteiger partial charge < -0.3 is 28.4 Å². The normalized spacial score (nSPS) is 50.4. The summed E-state index contributed by atoms with van der Waals surface area (Å²) in [6.07, 6.45) is 1.77. The highest BCUT2D eigenvalue weighted by Gasteiger charge is 2.89. The van der Waals surface area contributed by atoms with E-state index >= 15 is 0 Å². The van der Waals surface area contributed by atoms with Gasteiger partial charge in [0.1, 0.15) is 18.3 Å². The van der Waals surface area contributed by atoms with Crippen LogP contribution in [-0.4, -0.2) is 71.2 Å². The van der Waals surface area contributed by atoms with Crippen molar-refractivity contribution in [3.63, 3.8) is 0 Å². The molecular weight excluding hydrogens is 472 g/mol. The van der Waals surface area contributed by atoms with Gasteiger partial charge in [0.05, 0.1) is 17.1 Å². The van der Waals surface area contributed by atoms with Crippen LogP contribution in [0.2, 0.25) is 0 Å². The summed E-state index contributed by atoms with van der Waals surface area (Å²) in [5.74, 6) is -2.88. The van der Waals surface area contributed by atoms with Gasteiger partial charge in [-0.15, -0.1) is 0 Å². The average molecular weight is 505 g/mol. The monoisotopic (exact) mass is 504 g/mol. The summed E-state index contributed by atoms with van der Waals surface area (Å²) in [6, 6.07) is 0. The van der Waals surface area contributed by atoms with Crippen molar-refractivity contribution < 1.29 is 47.6 Å². The second-order valence-electron chi connectivity index (χ2n) is 11.1. The molecule has 10 nitrogen and oxygen atoms in total. The minimum absolute atomic E-state index is 0.307. The van der Waals surface area contributed by atoms with Crippen molar-refractivity contribution in [1.82, 2.24) is 0 Å². The molecule has 10 heteroatoms. The van der Waals surface area contributed by atoms with Gasteiger partial charge >= 0.3 is 23.9 Å². The van der Waals surface area contributed by atoms with Crippen LogP contribution in [0.5, 0.6) is 0 Å². The van der Waals surface area contributed by atoms with Crippen LogP contribution in [-0.2, 0) is 47.6 Å². The standard InChI is InChI=1S/C26H32O10/c1-12-8-9-16(31-13(2)27)23(5)17(32-14(3)28)11-18-24(6,35-18)20(23)21(33-15(4)29)26-19(10-12)34-22(30)25(26,7)36-26/h8-10,16-21H,11H2,1-7H3/b9-8-,12-10-/t16-,17-,18+,19-,20+,21-,23-,24+,25-,26+/m0/s1. The SMILES string of the molecule is CC(=O)O[C@H]1/C=C\C(C)=C/[C@@H]2OC(=O)[C@]3(C)O[C@@]23[C@@H](OC(C)=O)[C@H]2[C@]3(C)O[C@@H]3C[C@H](OC(C)=O)[C@]12C. The molecular formula is C26H32O10. The van der Waals surface area contributed by atoms with Crippen molar-refractivity contribution in [3.05, 3.63) is 23.8 Å². The molecule has 196 valence electrons. The topological polar surface area (TPSA) is 130 Å². The van der Waals surface area contributed by atoms with Crippen molar-refractivity contribution >= 4 is 23.9 Å². The first-order valence-electron chi connectivity index (χ1n) is 12.2. The Kier molecular flexibility index (Phi) is 5.30.